The van der Waals surface area contributed by atoms with Crippen molar-refractivity contribution in [3.8, 4) is 5.69 Å². The fraction of sp³-hybridized carbons (Fsp3) is 0.333. The zero-order chi connectivity index (χ0) is 18.0. The highest BCUT2D eigenvalue weighted by Crippen LogP contribution is 2.19. The molecule has 1 aromatic heterocycles. The maximum Gasteiger partial charge on any atom is 0.244 e. The van der Waals surface area contributed by atoms with Crippen molar-refractivity contribution in [1.82, 2.24) is 15.1 Å². The van der Waals surface area contributed by atoms with Gasteiger partial charge in [0.15, 0.2) is 9.84 Å². The Morgan fingerprint density at radius 3 is 2.64 bits per heavy atom. The Morgan fingerprint density at radius 1 is 1.28 bits per heavy atom. The Kier molecular flexibility index (Phi) is 4.76. The molecule has 2 heterocycles. The molecule has 0 radical (unpaired) electrons. The predicted molar refractivity (Wildman–Crippen MR) is 97.3 cm³/mol. The second kappa shape index (κ2) is 6.84. The van der Waals surface area contributed by atoms with E-state index in [1.54, 1.807) is 6.08 Å². The average molecular weight is 359 g/mol. The minimum atomic E-state index is -3.00. The molecule has 1 saturated heterocycles. The van der Waals surface area contributed by atoms with E-state index >= 15 is 0 Å². The number of aromatic nitrogens is 2. The molecule has 1 atom stereocenters. The molecule has 1 N–H and O–H groups in total. The predicted octanol–water partition coefficient (Wildman–Crippen LogP) is 1.81. The molecule has 25 heavy (non-hydrogen) atoms. The Morgan fingerprint density at radius 2 is 2.00 bits per heavy atom. The minimum absolute atomic E-state index is 0.0244. The number of amides is 1. The van der Waals surface area contributed by atoms with Gasteiger partial charge in [0.25, 0.3) is 0 Å². The van der Waals surface area contributed by atoms with Crippen LogP contribution in [0.4, 0.5) is 0 Å². The summed E-state index contributed by atoms with van der Waals surface area (Å²) in [6.07, 6.45) is 3.65. The van der Waals surface area contributed by atoms with Crippen LogP contribution in [-0.4, -0.2) is 41.7 Å². The zero-order valence-electron chi connectivity index (χ0n) is 14.3. The van der Waals surface area contributed by atoms with E-state index in [1.807, 2.05) is 48.9 Å². The monoisotopic (exact) mass is 359 g/mol. The van der Waals surface area contributed by atoms with Crippen molar-refractivity contribution in [3.05, 3.63) is 53.4 Å². The number of carbonyl (C=O) groups excluding carboxylic acids is 1. The van der Waals surface area contributed by atoms with E-state index in [0.717, 1.165) is 22.6 Å². The second-order valence-electron chi connectivity index (χ2n) is 6.27. The summed E-state index contributed by atoms with van der Waals surface area (Å²) in [6, 6.07) is 9.50. The van der Waals surface area contributed by atoms with Gasteiger partial charge in [0, 0.05) is 23.4 Å². The lowest BCUT2D eigenvalue weighted by atomic mass is 10.1. The van der Waals surface area contributed by atoms with Gasteiger partial charge in [-0.2, -0.15) is 5.10 Å². The lowest BCUT2D eigenvalue weighted by Gasteiger charge is -2.08. The summed E-state index contributed by atoms with van der Waals surface area (Å²) < 4.78 is 24.7. The number of rotatable bonds is 4. The lowest BCUT2D eigenvalue weighted by molar-refractivity contribution is -0.116. The molecule has 0 spiro atoms. The Bertz CT molecular complexity index is 915. The molecular formula is C18H21N3O3S. The van der Waals surface area contributed by atoms with Crippen LogP contribution in [0.15, 0.2) is 36.4 Å². The molecule has 0 bridgehead atoms. The molecule has 132 valence electrons. The summed E-state index contributed by atoms with van der Waals surface area (Å²) >= 11 is 0. The molecule has 7 heteroatoms. The van der Waals surface area contributed by atoms with Crippen molar-refractivity contribution in [2.45, 2.75) is 26.3 Å². The van der Waals surface area contributed by atoms with E-state index < -0.39 is 9.84 Å². The molecular weight excluding hydrogens is 338 g/mol. The lowest BCUT2D eigenvalue weighted by Crippen LogP contribution is -2.34. The van der Waals surface area contributed by atoms with Gasteiger partial charge in [-0.15, -0.1) is 0 Å². The standard InChI is InChI=1S/C18H21N3O3S/c1-13-17(14(2)21(20-13)16-6-4-3-5-7-16)8-9-18(22)19-15-10-11-25(23,24)12-15/h3-9,15H,10-12H2,1-2H3,(H,19,22)/b9-8+/t15-/m1/s1. The Hall–Kier alpha value is -2.41. The molecule has 0 unspecified atom stereocenters. The van der Waals surface area contributed by atoms with Crippen LogP contribution in [0.25, 0.3) is 11.8 Å². The van der Waals surface area contributed by atoms with Crippen molar-refractivity contribution >= 4 is 21.8 Å². The van der Waals surface area contributed by atoms with Gasteiger partial charge in [-0.25, -0.2) is 13.1 Å². The Labute approximate surface area is 147 Å². The van der Waals surface area contributed by atoms with Gasteiger partial charge in [-0.1, -0.05) is 18.2 Å². The molecule has 3 rings (SSSR count). The first kappa shape index (κ1) is 17.4. The molecule has 2 aromatic rings. The number of hydrogen-bond donors (Lipinski definition) is 1. The van der Waals surface area contributed by atoms with E-state index in [0.29, 0.717) is 6.42 Å². The van der Waals surface area contributed by atoms with Crippen LogP contribution in [0.5, 0.6) is 0 Å². The normalized spacial score (nSPS) is 19.4. The summed E-state index contributed by atoms with van der Waals surface area (Å²) in [6.45, 7) is 3.85. The highest BCUT2D eigenvalue weighted by Gasteiger charge is 2.28. The SMILES string of the molecule is Cc1nn(-c2ccccc2)c(C)c1/C=C/C(=O)N[C@@H]1CCS(=O)(=O)C1. The number of para-hydroxylation sites is 1. The molecule has 0 saturated carbocycles. The fourth-order valence-corrected chi connectivity index (χ4v) is 4.71. The van der Waals surface area contributed by atoms with Gasteiger partial charge in [-0.05, 0) is 38.5 Å². The maximum atomic E-state index is 12.1. The first-order valence-electron chi connectivity index (χ1n) is 8.16. The highest BCUT2D eigenvalue weighted by molar-refractivity contribution is 7.91. The number of hydrogen-bond acceptors (Lipinski definition) is 4. The van der Waals surface area contributed by atoms with Gasteiger partial charge < -0.3 is 5.32 Å². The quantitative estimate of drug-likeness (QED) is 0.844. The molecule has 0 aliphatic carbocycles. The number of sulfone groups is 1. The molecule has 1 amide bonds. The van der Waals surface area contributed by atoms with Gasteiger partial charge in [-0.3, -0.25) is 4.79 Å². The van der Waals surface area contributed by atoms with Crippen LogP contribution in [0, 0.1) is 13.8 Å². The van der Waals surface area contributed by atoms with Crippen molar-refractivity contribution < 1.29 is 13.2 Å². The number of benzene rings is 1. The number of nitrogens with one attached hydrogen (secondary N) is 1. The topological polar surface area (TPSA) is 81.1 Å². The van der Waals surface area contributed by atoms with Gasteiger partial charge >= 0.3 is 0 Å². The van der Waals surface area contributed by atoms with E-state index in [9.17, 15) is 13.2 Å². The number of carbonyl (C=O) groups is 1. The maximum absolute atomic E-state index is 12.1. The van der Waals surface area contributed by atoms with Crippen LogP contribution in [-0.2, 0) is 14.6 Å². The third kappa shape index (κ3) is 3.99. The molecule has 1 aliphatic rings. The van der Waals surface area contributed by atoms with Crippen molar-refractivity contribution in [1.29, 1.82) is 0 Å². The third-order valence-electron chi connectivity index (χ3n) is 4.33. The van der Waals surface area contributed by atoms with Gasteiger partial charge in [0.2, 0.25) is 5.91 Å². The van der Waals surface area contributed by atoms with Gasteiger partial charge in [0.1, 0.15) is 0 Å². The van der Waals surface area contributed by atoms with Crippen LogP contribution in [0.1, 0.15) is 23.4 Å². The molecule has 1 fully saturated rings. The summed E-state index contributed by atoms with van der Waals surface area (Å²) in [5.41, 5.74) is 3.62. The first-order chi connectivity index (χ1) is 11.9. The fourth-order valence-electron chi connectivity index (χ4n) is 3.03. The Balaban J connectivity index is 1.73. The first-order valence-corrected chi connectivity index (χ1v) is 9.98. The molecule has 1 aromatic carbocycles. The van der Waals surface area contributed by atoms with Crippen molar-refractivity contribution in [2.24, 2.45) is 0 Å². The van der Waals surface area contributed by atoms with Crippen molar-refractivity contribution in [3.63, 3.8) is 0 Å². The average Bonchev–Trinajstić information content (AvgIpc) is 3.05. The smallest absolute Gasteiger partial charge is 0.244 e. The molecule has 6 nitrogen and oxygen atoms in total. The van der Waals surface area contributed by atoms with E-state index in [-0.39, 0.29) is 23.5 Å². The number of aryl methyl sites for hydroxylation is 1. The van der Waals surface area contributed by atoms with Crippen molar-refractivity contribution in [2.75, 3.05) is 11.5 Å². The summed E-state index contributed by atoms with van der Waals surface area (Å²) in [5, 5.41) is 7.29. The van der Waals surface area contributed by atoms with E-state index in [2.05, 4.69) is 10.4 Å². The highest BCUT2D eigenvalue weighted by atomic mass is 32.2. The summed E-state index contributed by atoms with van der Waals surface area (Å²) in [4.78, 5) is 12.1. The number of nitrogens with zero attached hydrogens (tertiary/aromatic N) is 2. The van der Waals surface area contributed by atoms with Crippen LogP contribution >= 0.6 is 0 Å². The van der Waals surface area contributed by atoms with Crippen LogP contribution in [0.3, 0.4) is 0 Å². The third-order valence-corrected chi connectivity index (χ3v) is 6.10. The van der Waals surface area contributed by atoms with E-state index in [4.69, 9.17) is 0 Å². The van der Waals surface area contributed by atoms with Gasteiger partial charge in [0.05, 0.1) is 22.9 Å². The molecule has 1 aliphatic heterocycles. The van der Waals surface area contributed by atoms with E-state index in [1.165, 1.54) is 6.08 Å². The minimum Gasteiger partial charge on any atom is -0.349 e. The summed E-state index contributed by atoms with van der Waals surface area (Å²) in [7, 11) is -3.00. The largest absolute Gasteiger partial charge is 0.349 e. The zero-order valence-corrected chi connectivity index (χ0v) is 15.1. The summed E-state index contributed by atoms with van der Waals surface area (Å²) in [5.74, 6) is -0.117. The van der Waals surface area contributed by atoms with Crippen LogP contribution < -0.4 is 5.32 Å². The van der Waals surface area contributed by atoms with Crippen LogP contribution in [0.2, 0.25) is 0 Å². The second-order valence-corrected chi connectivity index (χ2v) is 8.50.